The largest absolute Gasteiger partial charge is 0.310 e. The van der Waals surface area contributed by atoms with E-state index in [1.54, 1.807) is 11.1 Å². The number of anilines is 3. The van der Waals surface area contributed by atoms with Crippen LogP contribution in [0.1, 0.15) is 208 Å². The summed E-state index contributed by atoms with van der Waals surface area (Å²) in [7, 11) is 0. The van der Waals surface area contributed by atoms with Gasteiger partial charge in [0.05, 0.1) is 0 Å². The Balaban J connectivity index is 1.28. The van der Waals surface area contributed by atoms with Crippen molar-refractivity contribution < 1.29 is 0 Å². The van der Waals surface area contributed by atoms with Crippen LogP contribution in [0, 0.1) is 11.8 Å². The van der Waals surface area contributed by atoms with Gasteiger partial charge in [-0.25, -0.2) is 0 Å². The van der Waals surface area contributed by atoms with E-state index in [0.29, 0.717) is 5.41 Å². The van der Waals surface area contributed by atoms with Crippen molar-refractivity contribution >= 4 is 23.1 Å². The van der Waals surface area contributed by atoms with Crippen LogP contribution in [0.2, 0.25) is 0 Å². The van der Waals surface area contributed by atoms with Gasteiger partial charge >= 0.3 is 0 Å². The second-order valence-electron chi connectivity index (χ2n) is 20.5. The molecule has 4 fully saturated rings. The molecule has 0 saturated heterocycles. The number of hydrogen-bond acceptors (Lipinski definition) is 1. The quantitative estimate of drug-likeness (QED) is 0.0571. The first-order chi connectivity index (χ1) is 29.9. The molecule has 4 aliphatic rings. The average molecular weight is 818 g/mol. The van der Waals surface area contributed by atoms with Gasteiger partial charge in [0.15, 0.2) is 0 Å². The minimum atomic E-state index is 0.276. The molecule has 4 aromatic rings. The summed E-state index contributed by atoms with van der Waals surface area (Å²) in [5.41, 5.74) is 15.1. The molecule has 2 atom stereocenters. The summed E-state index contributed by atoms with van der Waals surface area (Å²) in [5, 5.41) is 0. The minimum Gasteiger partial charge on any atom is -0.310 e. The molecular formula is C60H83N. The second kappa shape index (κ2) is 22.2. The lowest BCUT2D eigenvalue weighted by molar-refractivity contribution is -0.0281. The fraction of sp³-hybridized carbons (Fsp3) is 0.567. The molecule has 4 saturated carbocycles. The molecule has 4 bridgehead atoms. The number of unbranched alkanes of at least 4 members (excludes halogenated alkanes) is 12. The first kappa shape index (κ1) is 45.4. The van der Waals surface area contributed by atoms with Gasteiger partial charge in [0.1, 0.15) is 0 Å². The van der Waals surface area contributed by atoms with E-state index >= 15 is 0 Å². The Bertz CT molecular complexity index is 1800. The predicted octanol–water partition coefficient (Wildman–Crippen LogP) is 18.1. The van der Waals surface area contributed by atoms with Crippen molar-refractivity contribution in [1.82, 2.24) is 0 Å². The third kappa shape index (κ3) is 11.5. The number of benzene rings is 4. The summed E-state index contributed by atoms with van der Waals surface area (Å²) in [5.74, 6) is 1.67. The van der Waals surface area contributed by atoms with Gasteiger partial charge in [0.2, 0.25) is 0 Å². The monoisotopic (exact) mass is 818 g/mol. The minimum absolute atomic E-state index is 0.276. The highest BCUT2D eigenvalue weighted by Crippen LogP contribution is 2.66. The van der Waals surface area contributed by atoms with Crippen LogP contribution in [0.5, 0.6) is 0 Å². The Morgan fingerprint density at radius 1 is 0.459 bits per heavy atom. The molecule has 0 aliphatic heterocycles. The van der Waals surface area contributed by atoms with Gasteiger partial charge in [-0.2, -0.15) is 0 Å². The zero-order valence-electron chi connectivity index (χ0n) is 39.4. The molecule has 4 aliphatic carbocycles. The van der Waals surface area contributed by atoms with Crippen LogP contribution in [0.3, 0.4) is 0 Å². The molecule has 1 heteroatoms. The average Bonchev–Trinajstić information content (AvgIpc) is 3.27. The van der Waals surface area contributed by atoms with E-state index in [-0.39, 0.29) is 5.41 Å². The number of nitrogens with zero attached hydrogens (tertiary/aromatic N) is 1. The summed E-state index contributed by atoms with van der Waals surface area (Å²) in [6.07, 6.45) is 35.8. The fourth-order valence-corrected chi connectivity index (χ4v) is 12.7. The van der Waals surface area contributed by atoms with Crippen molar-refractivity contribution in [2.45, 2.75) is 205 Å². The summed E-state index contributed by atoms with van der Waals surface area (Å²) in [6.45, 7) is 13.4. The zero-order chi connectivity index (χ0) is 42.5. The van der Waals surface area contributed by atoms with E-state index in [1.807, 2.05) is 6.08 Å². The predicted molar refractivity (Wildman–Crippen MR) is 267 cm³/mol. The van der Waals surface area contributed by atoms with Crippen molar-refractivity contribution in [2.75, 3.05) is 4.90 Å². The van der Waals surface area contributed by atoms with Crippen LogP contribution in [-0.4, -0.2) is 0 Å². The van der Waals surface area contributed by atoms with Gasteiger partial charge < -0.3 is 4.90 Å². The SMILES string of the molecule is C=Cc1ccc(C23CC4CC(C2)CC(c2ccc(N(c5cc(CCCCCC)cc(CCCCCC)c5)c5cc(CCCCCC)cc(CCCCCC)c5)cc2)(C4)C3)cc1. The summed E-state index contributed by atoms with van der Waals surface area (Å²) >= 11 is 0. The van der Waals surface area contributed by atoms with E-state index < -0.39 is 0 Å². The molecule has 0 N–H and O–H groups in total. The Hall–Kier alpha value is -3.58. The summed E-state index contributed by atoms with van der Waals surface area (Å²) in [6, 6.07) is 35.2. The van der Waals surface area contributed by atoms with Gasteiger partial charge in [0.25, 0.3) is 0 Å². The lowest BCUT2D eigenvalue weighted by Crippen LogP contribution is -2.55. The van der Waals surface area contributed by atoms with E-state index in [2.05, 4.69) is 124 Å². The van der Waals surface area contributed by atoms with Crippen LogP contribution >= 0.6 is 0 Å². The van der Waals surface area contributed by atoms with Crippen LogP contribution in [-0.2, 0) is 36.5 Å². The van der Waals surface area contributed by atoms with E-state index in [9.17, 15) is 0 Å². The molecule has 0 aromatic heterocycles. The van der Waals surface area contributed by atoms with Crippen LogP contribution < -0.4 is 4.90 Å². The number of hydrogen-bond donors (Lipinski definition) is 0. The van der Waals surface area contributed by atoms with Gasteiger partial charge in [-0.05, 0) is 188 Å². The van der Waals surface area contributed by atoms with E-state index in [4.69, 9.17) is 0 Å². The Morgan fingerprint density at radius 3 is 1.16 bits per heavy atom. The Kier molecular flexibility index (Phi) is 16.5. The maximum Gasteiger partial charge on any atom is 0.0467 e. The standard InChI is InChI=1S/C60H83N/c1-6-11-15-19-23-48-35-49(24-20-16-12-7-2)39-57(38-48)61(58-40-50(25-21-17-13-8-3)36-51(41-58)26-22-18-14-9-4)56-33-31-55(32-34-56)60-44-52-37-53(45-60)43-59(42-52,46-60)54-29-27-47(10-5)28-30-54/h10,27-36,38-41,52-53H,5-9,11-26,37,42-46H2,1-4H3. The molecule has 0 heterocycles. The van der Waals surface area contributed by atoms with E-state index in [0.717, 1.165) is 11.8 Å². The van der Waals surface area contributed by atoms with Crippen molar-refractivity contribution in [3.63, 3.8) is 0 Å². The van der Waals surface area contributed by atoms with E-state index in [1.165, 1.54) is 212 Å². The van der Waals surface area contributed by atoms with Crippen LogP contribution in [0.25, 0.3) is 6.08 Å². The van der Waals surface area contributed by atoms with Crippen LogP contribution in [0.15, 0.2) is 91.5 Å². The maximum absolute atomic E-state index is 4.05. The van der Waals surface area contributed by atoms with Gasteiger partial charge in [0, 0.05) is 17.1 Å². The third-order valence-corrected chi connectivity index (χ3v) is 15.4. The zero-order valence-corrected chi connectivity index (χ0v) is 39.4. The number of rotatable bonds is 26. The molecule has 61 heavy (non-hydrogen) atoms. The molecular weight excluding hydrogens is 735 g/mol. The highest BCUT2D eigenvalue weighted by molar-refractivity contribution is 5.78. The van der Waals surface area contributed by atoms with Crippen molar-refractivity contribution in [2.24, 2.45) is 11.8 Å². The van der Waals surface area contributed by atoms with Gasteiger partial charge in [-0.15, -0.1) is 0 Å². The van der Waals surface area contributed by atoms with Gasteiger partial charge in [-0.1, -0.05) is 166 Å². The molecule has 0 spiro atoms. The molecule has 4 aromatic carbocycles. The Morgan fingerprint density at radius 2 is 0.820 bits per heavy atom. The highest BCUT2D eigenvalue weighted by atomic mass is 15.1. The lowest BCUT2D eigenvalue weighted by Gasteiger charge is -2.63. The van der Waals surface area contributed by atoms with Crippen molar-refractivity contribution in [1.29, 1.82) is 0 Å². The fourth-order valence-electron chi connectivity index (χ4n) is 12.7. The second-order valence-corrected chi connectivity index (χ2v) is 20.5. The molecule has 0 radical (unpaired) electrons. The Labute approximate surface area is 374 Å². The third-order valence-electron chi connectivity index (χ3n) is 15.4. The summed E-state index contributed by atoms with van der Waals surface area (Å²) in [4.78, 5) is 2.68. The lowest BCUT2D eigenvalue weighted by atomic mass is 9.42. The molecule has 2 unspecified atom stereocenters. The normalized spacial score (nSPS) is 21.6. The van der Waals surface area contributed by atoms with Crippen molar-refractivity contribution in [3.8, 4) is 0 Å². The first-order valence-corrected chi connectivity index (χ1v) is 25.8. The highest BCUT2D eigenvalue weighted by Gasteiger charge is 2.58. The van der Waals surface area contributed by atoms with Crippen LogP contribution in [0.4, 0.5) is 17.1 Å². The first-order valence-electron chi connectivity index (χ1n) is 25.8. The smallest absolute Gasteiger partial charge is 0.0467 e. The van der Waals surface area contributed by atoms with Crippen molar-refractivity contribution in [3.05, 3.63) is 130 Å². The number of aryl methyl sites for hydroxylation is 4. The summed E-state index contributed by atoms with van der Waals surface area (Å²) < 4.78 is 0. The topological polar surface area (TPSA) is 3.24 Å². The molecule has 0 amide bonds. The maximum atomic E-state index is 4.05. The van der Waals surface area contributed by atoms with Gasteiger partial charge in [-0.3, -0.25) is 0 Å². The molecule has 328 valence electrons. The molecule has 1 nitrogen and oxygen atoms in total. The molecule has 8 rings (SSSR count).